The number of nitrogens with zero attached hydrogens (tertiary/aromatic N) is 1. The molecule has 1 N–H and O–H groups in total. The summed E-state index contributed by atoms with van der Waals surface area (Å²) in [5, 5.41) is 0.594. The Morgan fingerprint density at radius 1 is 0.739 bits per heavy atom. The molecule has 0 bridgehead atoms. The molecule has 0 aliphatic rings. The summed E-state index contributed by atoms with van der Waals surface area (Å²) < 4.78 is 1.12. The van der Waals surface area contributed by atoms with Crippen LogP contribution in [-0.2, 0) is 6.54 Å². The Morgan fingerprint density at radius 3 is 1.78 bits per heavy atom. The minimum Gasteiger partial charge on any atom is -0.288 e. The molecular weight excluding hydrogens is 296 g/mol. The zero-order chi connectivity index (χ0) is 16.1. The Balaban J connectivity index is 2.04. The summed E-state index contributed by atoms with van der Waals surface area (Å²) in [5.41, 5.74) is -1.18. The number of benzene rings is 2. The first-order valence-electron chi connectivity index (χ1n) is 7.00. The van der Waals surface area contributed by atoms with Gasteiger partial charge in [0, 0.05) is 0 Å². The molecule has 4 rings (SSSR count). The van der Waals surface area contributed by atoms with Crippen LogP contribution in [0.1, 0.15) is 5.56 Å². The van der Waals surface area contributed by atoms with Crippen molar-refractivity contribution in [1.29, 1.82) is 0 Å². The molecule has 0 spiro atoms. The Labute approximate surface area is 127 Å². The van der Waals surface area contributed by atoms with Crippen LogP contribution < -0.4 is 22.2 Å². The van der Waals surface area contributed by atoms with Crippen LogP contribution in [0.2, 0.25) is 0 Å². The minimum atomic E-state index is -0.547. The SMILES string of the molecule is O=c1[nH]c(=O)c2cc3c(=O)n(Cc4ccccc4)c(=O)c3cc12. The minimum absolute atomic E-state index is 0.136. The van der Waals surface area contributed by atoms with Crippen LogP contribution in [0.25, 0.3) is 21.5 Å². The molecule has 23 heavy (non-hydrogen) atoms. The summed E-state index contributed by atoms with van der Waals surface area (Å²) in [4.78, 5) is 50.5. The molecule has 0 radical (unpaired) electrons. The van der Waals surface area contributed by atoms with Crippen molar-refractivity contribution < 1.29 is 0 Å². The Bertz CT molecular complexity index is 1180. The third-order valence-electron chi connectivity index (χ3n) is 4.01. The van der Waals surface area contributed by atoms with Gasteiger partial charge in [-0.15, -0.1) is 0 Å². The molecule has 0 unspecified atom stereocenters. The number of aromatic nitrogens is 2. The standard InChI is InChI=1S/C17H10N2O4/c20-14-10-6-12-13(7-11(10)15(21)18-14)17(23)19(16(12)22)8-9-4-2-1-3-5-9/h1-7H,8H2,(H,18,20,21). The lowest BCUT2D eigenvalue weighted by molar-refractivity contribution is 0.755. The van der Waals surface area contributed by atoms with E-state index in [1.165, 1.54) is 12.1 Å². The summed E-state index contributed by atoms with van der Waals surface area (Å²) in [5.74, 6) is 0. The lowest BCUT2D eigenvalue weighted by Gasteiger charge is -1.99. The maximum absolute atomic E-state index is 12.5. The van der Waals surface area contributed by atoms with Crippen LogP contribution in [0.4, 0.5) is 0 Å². The topological polar surface area (TPSA) is 89.0 Å². The van der Waals surface area contributed by atoms with E-state index in [1.807, 2.05) is 30.3 Å². The Kier molecular flexibility index (Phi) is 2.68. The summed E-state index contributed by atoms with van der Waals surface area (Å²) in [7, 11) is 0. The predicted octanol–water partition coefficient (Wildman–Crippen LogP) is 0.487. The number of rotatable bonds is 2. The molecule has 0 aliphatic carbocycles. The first-order valence-corrected chi connectivity index (χ1v) is 7.00. The molecule has 0 atom stereocenters. The molecule has 6 nitrogen and oxygen atoms in total. The molecule has 0 saturated heterocycles. The number of hydrogen-bond acceptors (Lipinski definition) is 4. The van der Waals surface area contributed by atoms with E-state index in [0.29, 0.717) is 0 Å². The van der Waals surface area contributed by atoms with Crippen molar-refractivity contribution in [3.05, 3.63) is 89.4 Å². The van der Waals surface area contributed by atoms with Gasteiger partial charge in [-0.3, -0.25) is 28.7 Å². The van der Waals surface area contributed by atoms with Gasteiger partial charge < -0.3 is 0 Å². The molecule has 112 valence electrons. The van der Waals surface area contributed by atoms with E-state index in [4.69, 9.17) is 0 Å². The lowest BCUT2D eigenvalue weighted by atomic mass is 10.1. The van der Waals surface area contributed by atoms with E-state index in [9.17, 15) is 19.2 Å². The first kappa shape index (κ1) is 13.4. The highest BCUT2D eigenvalue weighted by Crippen LogP contribution is 2.14. The Hall–Kier alpha value is -3.28. The third-order valence-corrected chi connectivity index (χ3v) is 4.01. The van der Waals surface area contributed by atoms with E-state index in [2.05, 4.69) is 4.98 Å². The number of fused-ring (bicyclic) bond motifs is 2. The van der Waals surface area contributed by atoms with E-state index >= 15 is 0 Å². The average Bonchev–Trinajstić information content (AvgIpc) is 2.96. The summed E-state index contributed by atoms with van der Waals surface area (Å²) in [6.07, 6.45) is 0. The van der Waals surface area contributed by atoms with Gasteiger partial charge in [-0.2, -0.15) is 0 Å². The maximum atomic E-state index is 12.5. The molecule has 4 aromatic rings. The molecular formula is C17H10N2O4. The molecule has 0 saturated carbocycles. The van der Waals surface area contributed by atoms with Gasteiger partial charge in [0.05, 0.1) is 28.1 Å². The highest BCUT2D eigenvalue weighted by molar-refractivity contribution is 5.97. The van der Waals surface area contributed by atoms with Crippen molar-refractivity contribution in [3.8, 4) is 0 Å². The van der Waals surface area contributed by atoms with Gasteiger partial charge in [0.15, 0.2) is 0 Å². The van der Waals surface area contributed by atoms with Gasteiger partial charge in [-0.05, 0) is 17.7 Å². The zero-order valence-corrected chi connectivity index (χ0v) is 11.8. The fraction of sp³-hybridized carbons (Fsp3) is 0.0588. The number of aromatic amines is 1. The van der Waals surface area contributed by atoms with Crippen LogP contribution in [0.15, 0.2) is 61.6 Å². The molecule has 0 fully saturated rings. The van der Waals surface area contributed by atoms with Crippen LogP contribution >= 0.6 is 0 Å². The number of H-pyrrole nitrogens is 1. The normalized spacial score (nSPS) is 11.5. The van der Waals surface area contributed by atoms with E-state index < -0.39 is 22.2 Å². The summed E-state index contributed by atoms with van der Waals surface area (Å²) >= 11 is 0. The Morgan fingerprint density at radius 2 is 1.26 bits per heavy atom. The van der Waals surface area contributed by atoms with Gasteiger partial charge in [0.1, 0.15) is 0 Å². The quantitative estimate of drug-likeness (QED) is 0.583. The van der Waals surface area contributed by atoms with Gasteiger partial charge >= 0.3 is 0 Å². The maximum Gasteiger partial charge on any atom is 0.261 e. The van der Waals surface area contributed by atoms with Crippen LogP contribution in [0, 0.1) is 0 Å². The fourth-order valence-electron chi connectivity index (χ4n) is 2.86. The highest BCUT2D eigenvalue weighted by Gasteiger charge is 2.16. The molecule has 6 heteroatoms. The number of nitrogens with one attached hydrogen (secondary N) is 1. The van der Waals surface area contributed by atoms with Crippen LogP contribution in [-0.4, -0.2) is 9.55 Å². The second kappa shape index (κ2) is 4.61. The van der Waals surface area contributed by atoms with Gasteiger partial charge in [0.2, 0.25) is 0 Å². The first-order chi connectivity index (χ1) is 11.1. The van der Waals surface area contributed by atoms with Crippen molar-refractivity contribution in [3.63, 3.8) is 0 Å². The highest BCUT2D eigenvalue weighted by atomic mass is 16.2. The predicted molar refractivity (Wildman–Crippen MR) is 86.8 cm³/mol. The second-order valence-corrected chi connectivity index (χ2v) is 5.41. The third kappa shape index (κ3) is 1.88. The van der Waals surface area contributed by atoms with Crippen molar-refractivity contribution in [2.75, 3.05) is 0 Å². The molecule has 2 aromatic carbocycles. The van der Waals surface area contributed by atoms with Gasteiger partial charge in [-0.25, -0.2) is 0 Å². The van der Waals surface area contributed by atoms with Crippen molar-refractivity contribution in [1.82, 2.24) is 9.55 Å². The van der Waals surface area contributed by atoms with Crippen LogP contribution in [0.3, 0.4) is 0 Å². The fourth-order valence-corrected chi connectivity index (χ4v) is 2.86. The second-order valence-electron chi connectivity index (χ2n) is 5.41. The van der Waals surface area contributed by atoms with E-state index in [0.717, 1.165) is 10.1 Å². The molecule has 2 heterocycles. The molecule has 2 aromatic heterocycles. The van der Waals surface area contributed by atoms with E-state index in [1.54, 1.807) is 0 Å². The summed E-state index contributed by atoms with van der Waals surface area (Å²) in [6, 6.07) is 11.8. The van der Waals surface area contributed by atoms with Crippen LogP contribution in [0.5, 0.6) is 0 Å². The number of hydrogen-bond donors (Lipinski definition) is 1. The van der Waals surface area contributed by atoms with Gasteiger partial charge in [0.25, 0.3) is 22.2 Å². The summed E-state index contributed by atoms with van der Waals surface area (Å²) in [6.45, 7) is 0.151. The zero-order valence-electron chi connectivity index (χ0n) is 11.8. The molecule has 0 amide bonds. The lowest BCUT2D eigenvalue weighted by Crippen LogP contribution is -2.25. The largest absolute Gasteiger partial charge is 0.288 e. The van der Waals surface area contributed by atoms with Gasteiger partial charge in [-0.1, -0.05) is 30.3 Å². The smallest absolute Gasteiger partial charge is 0.261 e. The van der Waals surface area contributed by atoms with E-state index in [-0.39, 0.29) is 28.1 Å². The monoisotopic (exact) mass is 306 g/mol. The van der Waals surface area contributed by atoms with Crippen molar-refractivity contribution in [2.45, 2.75) is 6.54 Å². The average molecular weight is 306 g/mol. The van der Waals surface area contributed by atoms with Crippen molar-refractivity contribution >= 4 is 21.5 Å². The van der Waals surface area contributed by atoms with Crippen molar-refractivity contribution in [2.24, 2.45) is 0 Å². The molecule has 0 aliphatic heterocycles.